The van der Waals surface area contributed by atoms with Crippen LogP contribution in [0.2, 0.25) is 5.02 Å². The van der Waals surface area contributed by atoms with E-state index in [4.69, 9.17) is 11.6 Å². The van der Waals surface area contributed by atoms with E-state index in [-0.39, 0.29) is 11.1 Å². The Balaban J connectivity index is 1.71. The number of amides is 4. The molecule has 38 heavy (non-hydrogen) atoms. The molecule has 2 aromatic carbocycles. The van der Waals surface area contributed by atoms with Gasteiger partial charge in [-0.2, -0.15) is 13.2 Å². The predicted octanol–water partition coefficient (Wildman–Crippen LogP) is 4.86. The first-order valence-corrected chi connectivity index (χ1v) is 12.6. The number of likely N-dealkylation sites (tertiary alicyclic amines) is 1. The minimum Gasteiger partial charge on any atom is -0.329 e. The maximum Gasteiger partial charge on any atom is 0.406 e. The maximum atomic E-state index is 14.1. The van der Waals surface area contributed by atoms with Crippen molar-refractivity contribution in [3.8, 4) is 0 Å². The second kappa shape index (κ2) is 10.4. The molecule has 2 unspecified atom stereocenters. The van der Waals surface area contributed by atoms with Crippen molar-refractivity contribution in [2.24, 2.45) is 0 Å². The topological polar surface area (TPSA) is 78.0 Å². The molecule has 0 saturated carbocycles. The number of hydrogen-bond acceptors (Lipinski definition) is 4. The van der Waals surface area contributed by atoms with E-state index in [0.717, 1.165) is 11.8 Å². The molecule has 4 rings (SSSR count). The molecule has 4 atom stereocenters. The number of imide groups is 1. The molecule has 7 nitrogen and oxygen atoms in total. The van der Waals surface area contributed by atoms with E-state index in [9.17, 15) is 32.3 Å². The van der Waals surface area contributed by atoms with Gasteiger partial charge in [0.1, 0.15) is 12.6 Å². The molecule has 2 aromatic rings. The van der Waals surface area contributed by atoms with Gasteiger partial charge in [0.25, 0.3) is 11.8 Å². The van der Waals surface area contributed by atoms with Crippen molar-refractivity contribution in [2.75, 3.05) is 6.54 Å². The number of nitrogens with zero attached hydrogens (tertiary/aromatic N) is 3. The van der Waals surface area contributed by atoms with Crippen molar-refractivity contribution >= 4 is 35.2 Å². The number of halogens is 4. The van der Waals surface area contributed by atoms with Crippen LogP contribution in [-0.4, -0.2) is 69.2 Å². The average Bonchev–Trinajstić information content (AvgIpc) is 3.40. The van der Waals surface area contributed by atoms with Crippen LogP contribution in [0, 0.1) is 0 Å². The Morgan fingerprint density at radius 3 is 2.16 bits per heavy atom. The van der Waals surface area contributed by atoms with E-state index in [1.54, 1.807) is 36.4 Å². The van der Waals surface area contributed by atoms with Crippen LogP contribution in [0.5, 0.6) is 0 Å². The second-order valence-electron chi connectivity index (χ2n) is 9.67. The zero-order chi connectivity index (χ0) is 27.9. The Morgan fingerprint density at radius 1 is 1.03 bits per heavy atom. The van der Waals surface area contributed by atoms with Gasteiger partial charge in [-0.1, -0.05) is 35.9 Å². The zero-order valence-electron chi connectivity index (χ0n) is 21.0. The predicted molar refractivity (Wildman–Crippen MR) is 133 cm³/mol. The van der Waals surface area contributed by atoms with E-state index in [1.165, 1.54) is 30.9 Å². The Labute approximate surface area is 223 Å². The van der Waals surface area contributed by atoms with Gasteiger partial charge in [-0.3, -0.25) is 24.1 Å². The third-order valence-electron chi connectivity index (χ3n) is 7.29. The summed E-state index contributed by atoms with van der Waals surface area (Å²) in [6.07, 6.45) is -3.93. The first-order chi connectivity index (χ1) is 17.8. The highest BCUT2D eigenvalue weighted by Crippen LogP contribution is 2.41. The lowest BCUT2D eigenvalue weighted by Gasteiger charge is -2.41. The SMILES string of the molecule is CC(=O)N(CC(F)(F)F)C(C)[C@H]1CC[C@@H](c2cccc(Cl)c2)N1C(=O)C(C)N1C(=O)c2ccccc2C1=O. The van der Waals surface area contributed by atoms with E-state index >= 15 is 0 Å². The highest BCUT2D eigenvalue weighted by atomic mass is 35.5. The highest BCUT2D eigenvalue weighted by Gasteiger charge is 2.48. The van der Waals surface area contributed by atoms with Gasteiger partial charge in [-0.05, 0) is 56.5 Å². The van der Waals surface area contributed by atoms with Gasteiger partial charge >= 0.3 is 6.18 Å². The number of alkyl halides is 3. The lowest BCUT2D eigenvalue weighted by molar-refractivity contribution is -0.167. The molecule has 202 valence electrons. The largest absolute Gasteiger partial charge is 0.406 e. The Kier molecular flexibility index (Phi) is 7.56. The van der Waals surface area contributed by atoms with Gasteiger partial charge in [0, 0.05) is 18.0 Å². The van der Waals surface area contributed by atoms with Crippen molar-refractivity contribution in [1.82, 2.24) is 14.7 Å². The van der Waals surface area contributed by atoms with Crippen LogP contribution in [-0.2, 0) is 9.59 Å². The summed E-state index contributed by atoms with van der Waals surface area (Å²) in [5, 5.41) is 0.419. The maximum absolute atomic E-state index is 14.1. The van der Waals surface area contributed by atoms with Crippen molar-refractivity contribution in [3.63, 3.8) is 0 Å². The fourth-order valence-electron chi connectivity index (χ4n) is 5.50. The van der Waals surface area contributed by atoms with Gasteiger partial charge in [-0.25, -0.2) is 0 Å². The van der Waals surface area contributed by atoms with Gasteiger partial charge in [0.15, 0.2) is 0 Å². The number of rotatable bonds is 6. The van der Waals surface area contributed by atoms with Gasteiger partial charge < -0.3 is 9.80 Å². The normalized spacial score (nSPS) is 20.9. The lowest BCUT2D eigenvalue weighted by Crippen LogP contribution is -2.57. The van der Waals surface area contributed by atoms with Crippen molar-refractivity contribution < 1.29 is 32.3 Å². The molecule has 0 N–H and O–H groups in total. The lowest BCUT2D eigenvalue weighted by atomic mass is 10.0. The number of carbonyl (C=O) groups is 4. The summed E-state index contributed by atoms with van der Waals surface area (Å²) < 4.78 is 40.0. The smallest absolute Gasteiger partial charge is 0.329 e. The first-order valence-electron chi connectivity index (χ1n) is 12.2. The van der Waals surface area contributed by atoms with Crippen LogP contribution < -0.4 is 0 Å². The molecule has 1 fully saturated rings. The fraction of sp³-hybridized carbons (Fsp3) is 0.407. The van der Waals surface area contributed by atoms with Gasteiger partial charge in [0.05, 0.1) is 23.2 Å². The molecular formula is C27H27ClF3N3O4. The summed E-state index contributed by atoms with van der Waals surface area (Å²) in [5.41, 5.74) is 1.03. The average molecular weight is 550 g/mol. The van der Waals surface area contributed by atoms with Crippen LogP contribution >= 0.6 is 11.6 Å². The molecule has 2 aliphatic heterocycles. The summed E-state index contributed by atoms with van der Waals surface area (Å²) in [4.78, 5) is 55.5. The van der Waals surface area contributed by atoms with E-state index in [2.05, 4.69) is 0 Å². The van der Waals surface area contributed by atoms with Crippen LogP contribution in [0.15, 0.2) is 48.5 Å². The van der Waals surface area contributed by atoms with Crippen LogP contribution in [0.1, 0.15) is 65.9 Å². The third-order valence-corrected chi connectivity index (χ3v) is 7.52. The summed E-state index contributed by atoms with van der Waals surface area (Å²) in [6.45, 7) is 2.50. The molecule has 2 heterocycles. The molecule has 4 amide bonds. The molecule has 0 aromatic heterocycles. The molecule has 0 radical (unpaired) electrons. The minimum atomic E-state index is -4.63. The quantitative estimate of drug-likeness (QED) is 0.482. The van der Waals surface area contributed by atoms with Crippen molar-refractivity contribution in [2.45, 2.75) is 64.0 Å². The molecule has 2 aliphatic rings. The number of hydrogen-bond donors (Lipinski definition) is 0. The van der Waals surface area contributed by atoms with E-state index < -0.39 is 60.5 Å². The third kappa shape index (κ3) is 5.14. The summed E-state index contributed by atoms with van der Waals surface area (Å²) in [6, 6.07) is 9.44. The van der Waals surface area contributed by atoms with Gasteiger partial charge in [-0.15, -0.1) is 0 Å². The molecule has 0 bridgehead atoms. The summed E-state index contributed by atoms with van der Waals surface area (Å²) in [5.74, 6) is -2.61. The molecular weight excluding hydrogens is 523 g/mol. The van der Waals surface area contributed by atoms with Crippen LogP contribution in [0.3, 0.4) is 0 Å². The summed E-state index contributed by atoms with van der Waals surface area (Å²) in [7, 11) is 0. The zero-order valence-corrected chi connectivity index (χ0v) is 21.8. The Hall–Kier alpha value is -3.40. The Morgan fingerprint density at radius 2 is 1.63 bits per heavy atom. The highest BCUT2D eigenvalue weighted by molar-refractivity contribution is 6.30. The first kappa shape index (κ1) is 27.6. The monoisotopic (exact) mass is 549 g/mol. The molecule has 0 spiro atoms. The van der Waals surface area contributed by atoms with E-state index in [0.29, 0.717) is 28.3 Å². The van der Waals surface area contributed by atoms with Crippen molar-refractivity contribution in [1.29, 1.82) is 0 Å². The fourth-order valence-corrected chi connectivity index (χ4v) is 5.70. The van der Waals surface area contributed by atoms with Gasteiger partial charge in [0.2, 0.25) is 11.8 Å². The second-order valence-corrected chi connectivity index (χ2v) is 10.1. The van der Waals surface area contributed by atoms with E-state index in [1.807, 2.05) is 0 Å². The van der Waals surface area contributed by atoms with Crippen LogP contribution in [0.4, 0.5) is 13.2 Å². The standard InChI is InChI=1S/C27H27ClF3N3O4/c1-15(32(17(3)35)14-27(29,30)31)22-11-12-23(18-7-6-8-19(28)13-18)34(22)24(36)16(2)33-25(37)20-9-4-5-10-21(20)26(33)38/h4-10,13,15-16,22-23H,11-12,14H2,1-3H3/t15?,16?,22-,23+/m1/s1. The summed E-state index contributed by atoms with van der Waals surface area (Å²) >= 11 is 6.19. The number of carbonyl (C=O) groups excluding carboxylic acids is 4. The number of fused-ring (bicyclic) bond motifs is 1. The Bertz CT molecular complexity index is 1250. The minimum absolute atomic E-state index is 0.183. The van der Waals surface area contributed by atoms with Crippen molar-refractivity contribution in [3.05, 3.63) is 70.2 Å². The molecule has 1 saturated heterocycles. The van der Waals surface area contributed by atoms with Crippen LogP contribution in [0.25, 0.3) is 0 Å². The molecule has 0 aliphatic carbocycles. The number of benzene rings is 2. The molecule has 11 heteroatoms.